The number of anilines is 1. The van der Waals surface area contributed by atoms with Crippen molar-refractivity contribution in [2.45, 2.75) is 0 Å². The molecule has 2 aromatic carbocycles. The lowest BCUT2D eigenvalue weighted by molar-refractivity contribution is 0.0983. The van der Waals surface area contributed by atoms with E-state index in [2.05, 4.69) is 10.1 Å². The molecule has 128 valence electrons. The Morgan fingerprint density at radius 2 is 1.52 bits per heavy atom. The van der Waals surface area contributed by atoms with Gasteiger partial charge in [-0.3, -0.25) is 4.79 Å². The van der Waals surface area contributed by atoms with Gasteiger partial charge in [0.2, 0.25) is 5.82 Å². The average Bonchev–Trinajstić information content (AvgIpc) is 3.17. The lowest BCUT2D eigenvalue weighted by atomic mass is 10.3. The minimum absolute atomic E-state index is 0.120. The van der Waals surface area contributed by atoms with Crippen molar-refractivity contribution in [3.63, 3.8) is 0 Å². The largest absolute Gasteiger partial charge is 0.497 e. The van der Waals surface area contributed by atoms with Crippen molar-refractivity contribution in [2.75, 3.05) is 26.2 Å². The molecule has 0 aliphatic rings. The molecule has 3 rings (SSSR count). The van der Waals surface area contributed by atoms with Gasteiger partial charge in [0.15, 0.2) is 0 Å². The highest BCUT2D eigenvalue weighted by Gasteiger charge is 2.18. The maximum Gasteiger partial charge on any atom is 0.297 e. The number of methoxy groups -OCH3 is 2. The summed E-state index contributed by atoms with van der Waals surface area (Å²) in [5.74, 6) is 1.30. The lowest BCUT2D eigenvalue weighted by Gasteiger charge is -2.15. The topological polar surface area (TPSA) is 69.5 Å². The predicted octanol–water partition coefficient (Wildman–Crippen LogP) is 2.56. The van der Waals surface area contributed by atoms with Crippen LogP contribution >= 0.6 is 0 Å². The normalized spacial score (nSPS) is 10.4. The number of hydrogen-bond acceptors (Lipinski definition) is 5. The van der Waals surface area contributed by atoms with Crippen LogP contribution in [0.3, 0.4) is 0 Å². The highest BCUT2D eigenvalue weighted by Crippen LogP contribution is 2.19. The molecule has 7 nitrogen and oxygen atoms in total. The van der Waals surface area contributed by atoms with Gasteiger partial charge in [0, 0.05) is 12.7 Å². The molecule has 25 heavy (non-hydrogen) atoms. The van der Waals surface area contributed by atoms with Crippen LogP contribution in [0.25, 0.3) is 5.69 Å². The van der Waals surface area contributed by atoms with Crippen molar-refractivity contribution < 1.29 is 14.3 Å². The maximum atomic E-state index is 12.6. The molecule has 0 saturated heterocycles. The minimum Gasteiger partial charge on any atom is -0.497 e. The summed E-state index contributed by atoms with van der Waals surface area (Å²) < 4.78 is 11.8. The molecule has 1 amide bonds. The van der Waals surface area contributed by atoms with Crippen molar-refractivity contribution in [1.29, 1.82) is 0 Å². The molecule has 7 heteroatoms. The zero-order chi connectivity index (χ0) is 17.8. The van der Waals surface area contributed by atoms with Crippen LogP contribution in [0.1, 0.15) is 10.6 Å². The van der Waals surface area contributed by atoms with E-state index in [0.29, 0.717) is 0 Å². The van der Waals surface area contributed by atoms with Crippen LogP contribution in [0.4, 0.5) is 5.69 Å². The van der Waals surface area contributed by atoms with Crippen LogP contribution < -0.4 is 14.4 Å². The van der Waals surface area contributed by atoms with Crippen LogP contribution in [0.2, 0.25) is 0 Å². The quantitative estimate of drug-likeness (QED) is 0.715. The number of rotatable bonds is 5. The van der Waals surface area contributed by atoms with Gasteiger partial charge >= 0.3 is 0 Å². The Morgan fingerprint density at radius 1 is 0.960 bits per heavy atom. The number of nitrogens with zero attached hydrogens (tertiary/aromatic N) is 4. The molecule has 3 aromatic rings. The first-order valence-corrected chi connectivity index (χ1v) is 7.60. The summed E-state index contributed by atoms with van der Waals surface area (Å²) in [6.45, 7) is 0. The molecule has 0 N–H and O–H groups in total. The highest BCUT2D eigenvalue weighted by molar-refractivity contribution is 6.03. The van der Waals surface area contributed by atoms with E-state index in [1.54, 1.807) is 50.2 Å². The Balaban J connectivity index is 1.79. The first kappa shape index (κ1) is 16.5. The van der Waals surface area contributed by atoms with Gasteiger partial charge in [0.05, 0.1) is 19.9 Å². The monoisotopic (exact) mass is 338 g/mol. The Bertz CT molecular complexity index is 857. The predicted molar refractivity (Wildman–Crippen MR) is 93.6 cm³/mol. The zero-order valence-electron chi connectivity index (χ0n) is 14.2. The summed E-state index contributed by atoms with van der Waals surface area (Å²) in [7, 11) is 4.88. The molecule has 0 spiro atoms. The van der Waals surface area contributed by atoms with E-state index in [1.165, 1.54) is 11.2 Å². The molecule has 1 heterocycles. The van der Waals surface area contributed by atoms with Gasteiger partial charge in [0.1, 0.15) is 17.8 Å². The van der Waals surface area contributed by atoms with E-state index < -0.39 is 0 Å². The van der Waals surface area contributed by atoms with Crippen molar-refractivity contribution in [2.24, 2.45) is 0 Å². The van der Waals surface area contributed by atoms with E-state index in [0.717, 1.165) is 22.9 Å². The molecule has 0 aliphatic heterocycles. The third kappa shape index (κ3) is 3.45. The number of ether oxygens (including phenoxy) is 2. The fraction of sp³-hybridized carbons (Fsp3) is 0.167. The lowest BCUT2D eigenvalue weighted by Crippen LogP contribution is -2.27. The zero-order valence-corrected chi connectivity index (χ0v) is 14.2. The maximum absolute atomic E-state index is 12.6. The SMILES string of the molecule is COc1ccc(N(C)C(=O)c2ncn(-c3ccc(OC)cc3)n2)cc1. The van der Waals surface area contributed by atoms with E-state index >= 15 is 0 Å². The minimum atomic E-state index is -0.294. The van der Waals surface area contributed by atoms with Gasteiger partial charge in [-0.2, -0.15) is 0 Å². The summed E-state index contributed by atoms with van der Waals surface area (Å²) in [6, 6.07) is 14.5. The fourth-order valence-electron chi connectivity index (χ4n) is 2.29. The molecule has 0 atom stereocenters. The number of amides is 1. The standard InChI is InChI=1S/C18H18N4O3/c1-21(13-4-8-15(24-2)9-5-13)18(23)17-19-12-22(20-17)14-6-10-16(25-3)11-7-14/h4-12H,1-3H3. The number of carbonyl (C=O) groups is 1. The Hall–Kier alpha value is -3.35. The number of carbonyl (C=O) groups excluding carboxylic acids is 1. The third-order valence-electron chi connectivity index (χ3n) is 3.78. The van der Waals surface area contributed by atoms with Crippen LogP contribution in [0.15, 0.2) is 54.9 Å². The summed E-state index contributed by atoms with van der Waals surface area (Å²) in [5.41, 5.74) is 1.52. The van der Waals surface area contributed by atoms with E-state index in [9.17, 15) is 4.79 Å². The molecule has 0 aliphatic carbocycles. The Labute approximate surface area is 145 Å². The second kappa shape index (κ2) is 7.04. The van der Waals surface area contributed by atoms with Crippen molar-refractivity contribution in [3.8, 4) is 17.2 Å². The summed E-state index contributed by atoms with van der Waals surface area (Å²) in [5, 5.41) is 4.27. The summed E-state index contributed by atoms with van der Waals surface area (Å²) >= 11 is 0. The van der Waals surface area contributed by atoms with Gasteiger partial charge < -0.3 is 14.4 Å². The summed E-state index contributed by atoms with van der Waals surface area (Å²) in [4.78, 5) is 18.2. The van der Waals surface area contributed by atoms with Crippen molar-refractivity contribution in [1.82, 2.24) is 14.8 Å². The van der Waals surface area contributed by atoms with E-state index in [4.69, 9.17) is 9.47 Å². The second-order valence-corrected chi connectivity index (χ2v) is 5.27. The average molecular weight is 338 g/mol. The molecule has 0 saturated carbocycles. The van der Waals surface area contributed by atoms with Crippen LogP contribution in [-0.2, 0) is 0 Å². The van der Waals surface area contributed by atoms with Gasteiger partial charge in [-0.25, -0.2) is 9.67 Å². The Morgan fingerprint density at radius 3 is 2.08 bits per heavy atom. The highest BCUT2D eigenvalue weighted by atomic mass is 16.5. The van der Waals surface area contributed by atoms with Crippen LogP contribution in [0.5, 0.6) is 11.5 Å². The van der Waals surface area contributed by atoms with Gasteiger partial charge in [-0.05, 0) is 48.5 Å². The first-order valence-electron chi connectivity index (χ1n) is 7.60. The van der Waals surface area contributed by atoms with Crippen molar-refractivity contribution in [3.05, 3.63) is 60.7 Å². The summed E-state index contributed by atoms with van der Waals surface area (Å²) in [6.07, 6.45) is 1.51. The Kier molecular flexibility index (Phi) is 4.65. The fourth-order valence-corrected chi connectivity index (χ4v) is 2.29. The van der Waals surface area contributed by atoms with Crippen LogP contribution in [-0.4, -0.2) is 41.9 Å². The van der Waals surface area contributed by atoms with Gasteiger partial charge in [-0.1, -0.05) is 0 Å². The smallest absolute Gasteiger partial charge is 0.297 e. The molecule has 0 radical (unpaired) electrons. The third-order valence-corrected chi connectivity index (χ3v) is 3.78. The number of benzene rings is 2. The van der Waals surface area contributed by atoms with Gasteiger partial charge in [0.25, 0.3) is 5.91 Å². The second-order valence-electron chi connectivity index (χ2n) is 5.27. The van der Waals surface area contributed by atoms with Crippen molar-refractivity contribution >= 4 is 11.6 Å². The molecule has 1 aromatic heterocycles. The van der Waals surface area contributed by atoms with E-state index in [-0.39, 0.29) is 11.7 Å². The van der Waals surface area contributed by atoms with E-state index in [1.807, 2.05) is 24.3 Å². The molecule has 0 fully saturated rings. The van der Waals surface area contributed by atoms with Crippen LogP contribution in [0, 0.1) is 0 Å². The first-order chi connectivity index (χ1) is 12.1. The number of hydrogen-bond donors (Lipinski definition) is 0. The molecule has 0 unspecified atom stereocenters. The number of aromatic nitrogens is 3. The van der Waals surface area contributed by atoms with Gasteiger partial charge in [-0.15, -0.1) is 5.10 Å². The molecule has 0 bridgehead atoms. The molecular weight excluding hydrogens is 320 g/mol. The molecular formula is C18H18N4O3.